The molecule has 1 saturated carbocycles. The molecule has 3 amide bonds. The highest BCUT2D eigenvalue weighted by Crippen LogP contribution is 2.25. The van der Waals surface area contributed by atoms with Gasteiger partial charge in [0.2, 0.25) is 5.91 Å². The van der Waals surface area contributed by atoms with E-state index in [0.717, 1.165) is 37.2 Å². The minimum absolute atomic E-state index is 0.0625. The van der Waals surface area contributed by atoms with Crippen molar-refractivity contribution in [2.45, 2.75) is 56.3 Å². The fraction of sp³-hybridized carbons (Fsp3) is 0.524. The second-order valence-electron chi connectivity index (χ2n) is 8.10. The molecule has 31 heavy (non-hydrogen) atoms. The monoisotopic (exact) mass is 465 g/mol. The van der Waals surface area contributed by atoms with Gasteiger partial charge in [0.1, 0.15) is 6.04 Å². The van der Waals surface area contributed by atoms with Crippen LogP contribution in [0.2, 0.25) is 5.02 Å². The maximum atomic E-state index is 12.3. The third-order valence-electron chi connectivity index (χ3n) is 5.52. The summed E-state index contributed by atoms with van der Waals surface area (Å²) in [5.41, 5.74) is 0.871. The number of amides is 3. The predicted octanol–water partition coefficient (Wildman–Crippen LogP) is 2.38. The molecule has 0 saturated heterocycles. The zero-order chi connectivity index (χ0) is 22.4. The molecule has 1 aliphatic carbocycles. The molecule has 3 N–H and O–H groups in total. The van der Waals surface area contributed by atoms with Crippen LogP contribution in [-0.4, -0.2) is 52.6 Å². The van der Waals surface area contributed by atoms with Gasteiger partial charge in [-0.25, -0.2) is 4.79 Å². The number of urea groups is 1. The number of aromatic nitrogens is 3. The zero-order valence-electron chi connectivity index (χ0n) is 18.2. The number of hydrogen-bond acceptors (Lipinski definition) is 5. The van der Waals surface area contributed by atoms with Gasteiger partial charge in [-0.3, -0.25) is 14.7 Å². The highest BCUT2D eigenvalue weighted by Gasteiger charge is 2.24. The van der Waals surface area contributed by atoms with Gasteiger partial charge in [-0.15, -0.1) is 10.2 Å². The fourth-order valence-corrected chi connectivity index (χ4v) is 4.39. The molecular formula is C21H30ClN6O2S+. The van der Waals surface area contributed by atoms with Crippen molar-refractivity contribution in [2.75, 3.05) is 19.8 Å². The van der Waals surface area contributed by atoms with E-state index in [4.69, 9.17) is 11.6 Å². The molecule has 2 aromatic rings. The summed E-state index contributed by atoms with van der Waals surface area (Å²) in [4.78, 5) is 25.7. The standard InChI is InChI=1S/C21H29ClN6O2S/c1-14(27(2)3)19-25-26-21(28(19)17-11-9-15(22)10-12-17)31-13-18(29)24-20(30)23-16-7-5-4-6-8-16/h9-12,14,16H,4-8,13H2,1-3H3,(H2,23,24,29,30)/p+1/t14-/m0/s1. The van der Waals surface area contributed by atoms with Crippen LogP contribution in [0.4, 0.5) is 4.79 Å². The van der Waals surface area contributed by atoms with Crippen LogP contribution in [0, 0.1) is 0 Å². The number of halogens is 1. The van der Waals surface area contributed by atoms with Crippen molar-refractivity contribution in [3.05, 3.63) is 35.1 Å². The van der Waals surface area contributed by atoms with E-state index in [-0.39, 0.29) is 23.7 Å². The SMILES string of the molecule is C[C@@H](c1nnc(SCC(=O)NC(=O)NC2CCCCC2)n1-c1ccc(Cl)cc1)[NH+](C)C. The lowest BCUT2D eigenvalue weighted by atomic mass is 9.96. The van der Waals surface area contributed by atoms with E-state index in [9.17, 15) is 9.59 Å². The Morgan fingerprint density at radius 1 is 1.19 bits per heavy atom. The van der Waals surface area contributed by atoms with Crippen molar-refractivity contribution < 1.29 is 14.5 Å². The van der Waals surface area contributed by atoms with Gasteiger partial charge in [0.05, 0.1) is 19.8 Å². The summed E-state index contributed by atoms with van der Waals surface area (Å²) in [5, 5.41) is 15.2. The van der Waals surface area contributed by atoms with Crippen molar-refractivity contribution in [3.8, 4) is 5.69 Å². The molecule has 0 spiro atoms. The Bertz CT molecular complexity index is 896. The van der Waals surface area contributed by atoms with Gasteiger partial charge < -0.3 is 10.2 Å². The average molecular weight is 466 g/mol. The third-order valence-corrected chi connectivity index (χ3v) is 6.70. The van der Waals surface area contributed by atoms with Crippen LogP contribution in [-0.2, 0) is 4.79 Å². The van der Waals surface area contributed by atoms with Gasteiger partial charge in [-0.1, -0.05) is 42.6 Å². The number of rotatable bonds is 7. The van der Waals surface area contributed by atoms with Crippen LogP contribution in [0.15, 0.2) is 29.4 Å². The Hall–Kier alpha value is -2.10. The number of imide groups is 1. The maximum absolute atomic E-state index is 12.3. The number of quaternary nitrogens is 1. The number of carbonyl (C=O) groups is 2. The lowest BCUT2D eigenvalue weighted by Gasteiger charge is -2.22. The summed E-state index contributed by atoms with van der Waals surface area (Å²) in [6.07, 6.45) is 5.37. The summed E-state index contributed by atoms with van der Waals surface area (Å²) in [6, 6.07) is 7.23. The van der Waals surface area contributed by atoms with Crippen molar-refractivity contribution >= 4 is 35.3 Å². The molecule has 1 heterocycles. The van der Waals surface area contributed by atoms with Gasteiger partial charge in [-0.05, 0) is 44.0 Å². The minimum atomic E-state index is -0.429. The van der Waals surface area contributed by atoms with Crippen molar-refractivity contribution in [2.24, 2.45) is 0 Å². The molecule has 0 unspecified atom stereocenters. The second kappa shape index (κ2) is 11.0. The number of hydrogen-bond donors (Lipinski definition) is 3. The smallest absolute Gasteiger partial charge is 0.321 e. The second-order valence-corrected chi connectivity index (χ2v) is 9.48. The van der Waals surface area contributed by atoms with E-state index in [1.807, 2.05) is 28.8 Å². The molecule has 1 aromatic heterocycles. The summed E-state index contributed by atoms with van der Waals surface area (Å²) >= 11 is 7.29. The first-order valence-electron chi connectivity index (χ1n) is 10.6. The van der Waals surface area contributed by atoms with Gasteiger partial charge in [-0.2, -0.15) is 0 Å². The van der Waals surface area contributed by atoms with Crippen LogP contribution in [0.3, 0.4) is 0 Å². The van der Waals surface area contributed by atoms with E-state index in [0.29, 0.717) is 10.2 Å². The van der Waals surface area contributed by atoms with Gasteiger partial charge in [0, 0.05) is 16.8 Å². The third kappa shape index (κ3) is 6.44. The molecule has 10 heteroatoms. The molecule has 1 atom stereocenters. The van der Waals surface area contributed by atoms with Crippen LogP contribution in [0.25, 0.3) is 5.69 Å². The molecule has 1 aliphatic rings. The number of nitrogens with one attached hydrogen (secondary N) is 3. The lowest BCUT2D eigenvalue weighted by Crippen LogP contribution is -3.05. The fourth-order valence-electron chi connectivity index (χ4n) is 3.51. The molecule has 3 rings (SSSR count). The molecular weight excluding hydrogens is 436 g/mol. The Morgan fingerprint density at radius 2 is 1.87 bits per heavy atom. The van der Waals surface area contributed by atoms with Gasteiger partial charge in [0.15, 0.2) is 11.0 Å². The summed E-state index contributed by atoms with van der Waals surface area (Å²) < 4.78 is 1.94. The zero-order valence-corrected chi connectivity index (χ0v) is 19.7. The molecule has 1 fully saturated rings. The maximum Gasteiger partial charge on any atom is 0.321 e. The summed E-state index contributed by atoms with van der Waals surface area (Å²) in [6.45, 7) is 2.07. The minimum Gasteiger partial charge on any atom is -0.335 e. The lowest BCUT2D eigenvalue weighted by molar-refractivity contribution is -0.890. The van der Waals surface area contributed by atoms with E-state index < -0.39 is 6.03 Å². The average Bonchev–Trinajstić information content (AvgIpc) is 3.16. The van der Waals surface area contributed by atoms with E-state index >= 15 is 0 Å². The molecule has 1 aromatic carbocycles. The van der Waals surface area contributed by atoms with Crippen LogP contribution >= 0.6 is 23.4 Å². The quantitative estimate of drug-likeness (QED) is 0.546. The Morgan fingerprint density at radius 3 is 2.52 bits per heavy atom. The van der Waals surface area contributed by atoms with E-state index in [2.05, 4.69) is 41.9 Å². The normalized spacial score (nSPS) is 15.6. The topological polar surface area (TPSA) is 93.3 Å². The van der Waals surface area contributed by atoms with E-state index in [1.165, 1.54) is 23.1 Å². The van der Waals surface area contributed by atoms with Crippen LogP contribution in [0.1, 0.15) is 50.9 Å². The van der Waals surface area contributed by atoms with Crippen LogP contribution in [0.5, 0.6) is 0 Å². The molecule has 0 radical (unpaired) electrons. The van der Waals surface area contributed by atoms with E-state index in [1.54, 1.807) is 0 Å². The van der Waals surface area contributed by atoms with Crippen LogP contribution < -0.4 is 15.5 Å². The highest BCUT2D eigenvalue weighted by atomic mass is 35.5. The first-order valence-corrected chi connectivity index (χ1v) is 12.0. The Balaban J connectivity index is 1.67. The largest absolute Gasteiger partial charge is 0.335 e. The van der Waals surface area contributed by atoms with Crippen molar-refractivity contribution in [1.29, 1.82) is 0 Å². The molecule has 168 valence electrons. The predicted molar refractivity (Wildman–Crippen MR) is 122 cm³/mol. The summed E-state index contributed by atoms with van der Waals surface area (Å²) in [5.74, 6) is 0.490. The first-order chi connectivity index (χ1) is 14.8. The van der Waals surface area contributed by atoms with Gasteiger partial charge in [0.25, 0.3) is 0 Å². The molecule has 0 bridgehead atoms. The summed E-state index contributed by atoms with van der Waals surface area (Å²) in [7, 11) is 4.10. The highest BCUT2D eigenvalue weighted by molar-refractivity contribution is 7.99. The Kier molecular flexibility index (Phi) is 8.34. The first kappa shape index (κ1) is 23.6. The number of benzene rings is 1. The van der Waals surface area contributed by atoms with Crippen molar-refractivity contribution in [1.82, 2.24) is 25.4 Å². The number of thioether (sulfide) groups is 1. The van der Waals surface area contributed by atoms with Gasteiger partial charge >= 0.3 is 6.03 Å². The van der Waals surface area contributed by atoms with Crippen molar-refractivity contribution in [3.63, 3.8) is 0 Å². The Labute approximate surface area is 192 Å². The number of nitrogens with zero attached hydrogens (tertiary/aromatic N) is 3. The molecule has 0 aliphatic heterocycles. The number of carbonyl (C=O) groups excluding carboxylic acids is 2. The molecule has 8 nitrogen and oxygen atoms in total.